The molecule has 0 bridgehead atoms. The van der Waals surface area contributed by atoms with Crippen molar-refractivity contribution in [3.05, 3.63) is 46.6 Å². The van der Waals surface area contributed by atoms with Crippen LogP contribution in [0.15, 0.2) is 24.5 Å². The van der Waals surface area contributed by atoms with Crippen LogP contribution >= 0.6 is 48.8 Å². The average Bonchev–Trinajstić information content (AvgIpc) is 3.58. The molecule has 3 atom stereocenters. The molecule has 2 aliphatic carbocycles. The Bertz CT molecular complexity index is 1230. The van der Waals surface area contributed by atoms with Crippen LogP contribution in [0.5, 0.6) is 0 Å². The summed E-state index contributed by atoms with van der Waals surface area (Å²) in [7, 11) is 0. The Morgan fingerprint density at radius 2 is 1.78 bits per heavy atom. The SMILES string of the molecule is Cl.Cl.Cl.N[C@H]1CC[C@H](Nc2nc(C3CCC(NC4CCCCN4Cc4c(F)cccc4Cl)C3)c3[nH]cnc3n2)CC1. The fourth-order valence-electron chi connectivity index (χ4n) is 6.57. The molecule has 5 N–H and O–H groups in total. The predicted molar refractivity (Wildman–Crippen MR) is 170 cm³/mol. The molecule has 8 nitrogen and oxygen atoms in total. The summed E-state index contributed by atoms with van der Waals surface area (Å²) < 4.78 is 14.5. The number of nitrogens with one attached hydrogen (secondary N) is 3. The number of hydrogen-bond acceptors (Lipinski definition) is 7. The van der Waals surface area contributed by atoms with Gasteiger partial charge in [0.05, 0.1) is 18.2 Å². The number of nitrogens with zero attached hydrogens (tertiary/aromatic N) is 4. The second-order valence-corrected chi connectivity index (χ2v) is 11.8. The smallest absolute Gasteiger partial charge is 0.225 e. The van der Waals surface area contributed by atoms with Gasteiger partial charge in [-0.2, -0.15) is 4.98 Å². The van der Waals surface area contributed by atoms with Crippen molar-refractivity contribution in [2.75, 3.05) is 11.9 Å². The van der Waals surface area contributed by atoms with E-state index in [1.165, 1.54) is 12.5 Å². The molecule has 0 amide bonds. The molecule has 2 aromatic heterocycles. The minimum atomic E-state index is -0.226. The Labute approximate surface area is 264 Å². The van der Waals surface area contributed by atoms with Crippen LogP contribution in [0.2, 0.25) is 5.02 Å². The van der Waals surface area contributed by atoms with Crippen molar-refractivity contribution < 1.29 is 4.39 Å². The van der Waals surface area contributed by atoms with Crippen molar-refractivity contribution in [1.82, 2.24) is 30.2 Å². The maximum Gasteiger partial charge on any atom is 0.225 e. The van der Waals surface area contributed by atoms with Gasteiger partial charge >= 0.3 is 0 Å². The predicted octanol–water partition coefficient (Wildman–Crippen LogP) is 6.33. The zero-order valence-electron chi connectivity index (χ0n) is 23.0. The van der Waals surface area contributed by atoms with E-state index in [0.717, 1.165) is 81.2 Å². The first-order valence-corrected chi connectivity index (χ1v) is 14.6. The van der Waals surface area contributed by atoms with E-state index in [0.29, 0.717) is 47.1 Å². The number of aromatic amines is 1. The Hall–Kier alpha value is -1.46. The zero-order chi connectivity index (χ0) is 26.1. The van der Waals surface area contributed by atoms with Gasteiger partial charge in [0.1, 0.15) is 11.3 Å². The molecule has 3 unspecified atom stereocenters. The van der Waals surface area contributed by atoms with Crippen LogP contribution in [-0.4, -0.2) is 55.7 Å². The molecule has 1 saturated heterocycles. The van der Waals surface area contributed by atoms with Gasteiger partial charge in [0, 0.05) is 41.2 Å². The molecule has 2 saturated carbocycles. The highest BCUT2D eigenvalue weighted by Gasteiger charge is 2.33. The van der Waals surface area contributed by atoms with Crippen LogP contribution < -0.4 is 16.4 Å². The van der Waals surface area contributed by atoms with E-state index in [1.54, 1.807) is 18.5 Å². The van der Waals surface area contributed by atoms with Gasteiger partial charge in [-0.25, -0.2) is 14.4 Å². The normalized spacial score (nSPS) is 26.6. The van der Waals surface area contributed by atoms with Crippen LogP contribution in [0, 0.1) is 5.82 Å². The molecule has 1 aromatic carbocycles. The van der Waals surface area contributed by atoms with Crippen molar-refractivity contribution in [2.45, 2.75) is 101 Å². The largest absolute Gasteiger partial charge is 0.351 e. The molecule has 228 valence electrons. The molecule has 0 radical (unpaired) electrons. The standard InChI is InChI=1S/C28H38ClFN8.3ClH/c29-22-4-3-5-23(30)21(22)15-38-13-2-1-6-24(38)34-20-10-7-17(14-20)25-26-27(33-16-32-26)37-28(36-25)35-19-11-8-18(31)9-12-19;;;/h3-5,16-20,24,34H,1-2,6-15,31H2,(H2,32,33,35,36,37);3*1H/t17?,18-,19-,20?,24?;;;. The fraction of sp³-hybridized carbons (Fsp3) is 0.607. The van der Waals surface area contributed by atoms with Crippen molar-refractivity contribution >= 4 is 65.9 Å². The lowest BCUT2D eigenvalue weighted by Crippen LogP contribution is -2.51. The second-order valence-electron chi connectivity index (χ2n) is 11.3. The lowest BCUT2D eigenvalue weighted by Gasteiger charge is -2.38. The number of likely N-dealkylation sites (tertiary alicyclic amines) is 1. The average molecular weight is 651 g/mol. The third kappa shape index (κ3) is 7.93. The van der Waals surface area contributed by atoms with E-state index in [-0.39, 0.29) is 49.2 Å². The van der Waals surface area contributed by atoms with Crippen LogP contribution in [0.4, 0.5) is 10.3 Å². The highest BCUT2D eigenvalue weighted by Crippen LogP contribution is 2.37. The van der Waals surface area contributed by atoms with Gasteiger partial charge in [-0.3, -0.25) is 10.2 Å². The number of H-pyrrole nitrogens is 1. The lowest BCUT2D eigenvalue weighted by atomic mass is 9.92. The molecule has 6 rings (SSSR count). The van der Waals surface area contributed by atoms with Gasteiger partial charge in [0.2, 0.25) is 5.95 Å². The summed E-state index contributed by atoms with van der Waals surface area (Å²) in [5, 5.41) is 7.99. The maximum absolute atomic E-state index is 14.5. The number of rotatable bonds is 7. The molecular weight excluding hydrogens is 609 g/mol. The zero-order valence-corrected chi connectivity index (χ0v) is 26.2. The quantitative estimate of drug-likeness (QED) is 0.237. The molecule has 13 heteroatoms. The highest BCUT2D eigenvalue weighted by molar-refractivity contribution is 6.31. The van der Waals surface area contributed by atoms with Gasteiger partial charge in [-0.15, -0.1) is 37.2 Å². The maximum atomic E-state index is 14.5. The van der Waals surface area contributed by atoms with Crippen LogP contribution in [-0.2, 0) is 6.54 Å². The molecule has 41 heavy (non-hydrogen) atoms. The third-order valence-corrected chi connectivity index (χ3v) is 9.06. The molecule has 3 fully saturated rings. The Morgan fingerprint density at radius 3 is 2.56 bits per heavy atom. The van der Waals surface area contributed by atoms with Gasteiger partial charge in [0.25, 0.3) is 0 Å². The van der Waals surface area contributed by atoms with Crippen LogP contribution in [0.1, 0.15) is 81.4 Å². The van der Waals surface area contributed by atoms with Crippen molar-refractivity contribution in [3.8, 4) is 0 Å². The van der Waals surface area contributed by atoms with E-state index < -0.39 is 0 Å². The van der Waals surface area contributed by atoms with Gasteiger partial charge < -0.3 is 16.0 Å². The number of benzene rings is 1. The third-order valence-electron chi connectivity index (χ3n) is 8.70. The minimum Gasteiger partial charge on any atom is -0.351 e. The fourth-order valence-corrected chi connectivity index (χ4v) is 6.79. The number of hydrogen-bond donors (Lipinski definition) is 4. The molecular formula is C28H41Cl4FN8. The van der Waals surface area contributed by atoms with Crippen molar-refractivity contribution in [1.29, 1.82) is 0 Å². The molecule has 3 heterocycles. The van der Waals surface area contributed by atoms with Crippen molar-refractivity contribution in [2.24, 2.45) is 5.73 Å². The summed E-state index contributed by atoms with van der Waals surface area (Å²) in [6.07, 6.45) is 12.6. The highest BCUT2D eigenvalue weighted by atomic mass is 35.5. The summed E-state index contributed by atoms with van der Waals surface area (Å²) in [6.45, 7) is 1.47. The molecule has 3 aliphatic rings. The Balaban J connectivity index is 0.00000154. The number of halogens is 5. The summed E-state index contributed by atoms with van der Waals surface area (Å²) in [5.41, 5.74) is 9.41. The molecule has 1 aliphatic heterocycles. The van der Waals surface area contributed by atoms with Crippen LogP contribution in [0.3, 0.4) is 0 Å². The van der Waals surface area contributed by atoms with E-state index in [4.69, 9.17) is 27.3 Å². The first-order chi connectivity index (χ1) is 18.5. The van der Waals surface area contributed by atoms with E-state index in [9.17, 15) is 4.39 Å². The Morgan fingerprint density at radius 1 is 1.00 bits per heavy atom. The number of aromatic nitrogens is 4. The summed E-state index contributed by atoms with van der Waals surface area (Å²) in [6, 6.07) is 5.99. The number of anilines is 1. The lowest BCUT2D eigenvalue weighted by molar-refractivity contribution is 0.101. The van der Waals surface area contributed by atoms with Crippen molar-refractivity contribution in [3.63, 3.8) is 0 Å². The summed E-state index contributed by atoms with van der Waals surface area (Å²) >= 11 is 6.35. The first kappa shape index (κ1) is 34.0. The molecule has 3 aromatic rings. The topological polar surface area (TPSA) is 108 Å². The number of fused-ring (bicyclic) bond motifs is 1. The van der Waals surface area contributed by atoms with Gasteiger partial charge in [-0.05, 0) is 82.9 Å². The minimum absolute atomic E-state index is 0. The summed E-state index contributed by atoms with van der Waals surface area (Å²) in [5.74, 6) is 0.782. The number of nitrogens with two attached hydrogens (primary N) is 1. The van der Waals surface area contributed by atoms with E-state index in [1.807, 2.05) is 0 Å². The summed E-state index contributed by atoms with van der Waals surface area (Å²) in [4.78, 5) is 19.8. The number of piperidine rings is 1. The molecule has 0 spiro atoms. The number of imidazole rings is 1. The first-order valence-electron chi connectivity index (χ1n) is 14.2. The van der Waals surface area contributed by atoms with Crippen LogP contribution in [0.25, 0.3) is 11.2 Å². The Kier molecular flexibility index (Phi) is 12.7. The van der Waals surface area contributed by atoms with E-state index >= 15 is 0 Å². The monoisotopic (exact) mass is 648 g/mol. The van der Waals surface area contributed by atoms with Gasteiger partial charge in [0.15, 0.2) is 5.65 Å². The second kappa shape index (κ2) is 15.3. The van der Waals surface area contributed by atoms with Gasteiger partial charge in [-0.1, -0.05) is 17.7 Å². The van der Waals surface area contributed by atoms with E-state index in [2.05, 4.69) is 25.5 Å².